The van der Waals surface area contributed by atoms with Gasteiger partial charge in [0.15, 0.2) is 15.7 Å². The van der Waals surface area contributed by atoms with Gasteiger partial charge in [-0.25, -0.2) is 16.8 Å². The fraction of sp³-hybridized carbons (Fsp3) is 0.182. The van der Waals surface area contributed by atoms with Crippen molar-refractivity contribution in [1.29, 1.82) is 0 Å². The second-order valence-electron chi connectivity index (χ2n) is 4.41. The minimum Gasteiger partial charge on any atom is -0.281 e. The number of sulfone groups is 1. The molecule has 0 aliphatic heterocycles. The second-order valence-corrected chi connectivity index (χ2v) is 8.48. The lowest BCUT2D eigenvalue weighted by Crippen LogP contribution is -2.14. The van der Waals surface area contributed by atoms with E-state index in [4.69, 9.17) is 11.6 Å². The van der Waals surface area contributed by atoms with E-state index in [1.165, 1.54) is 18.2 Å². The van der Waals surface area contributed by atoms with Crippen LogP contribution in [0.15, 0.2) is 34.1 Å². The van der Waals surface area contributed by atoms with Gasteiger partial charge in [0.05, 0.1) is 9.92 Å². The standard InChI is InChI=1S/C11H12ClN3O4S2/c1-7-5-11(14-13-7)15-21(18,19)10-6-8(20(2,16)17)3-4-9(10)12/h3-6H,1-2H3,(H2,13,14,15). The Labute approximate surface area is 127 Å². The van der Waals surface area contributed by atoms with Crippen molar-refractivity contribution >= 4 is 37.3 Å². The average Bonchev–Trinajstić information content (AvgIpc) is 2.72. The number of aromatic nitrogens is 2. The molecule has 21 heavy (non-hydrogen) atoms. The monoisotopic (exact) mass is 349 g/mol. The van der Waals surface area contributed by atoms with E-state index in [-0.39, 0.29) is 20.6 Å². The van der Waals surface area contributed by atoms with Crippen molar-refractivity contribution in [2.75, 3.05) is 11.0 Å². The number of rotatable bonds is 4. The van der Waals surface area contributed by atoms with Crippen LogP contribution >= 0.6 is 11.6 Å². The fourth-order valence-electron chi connectivity index (χ4n) is 1.58. The maximum atomic E-state index is 12.3. The zero-order valence-electron chi connectivity index (χ0n) is 11.1. The van der Waals surface area contributed by atoms with Gasteiger partial charge in [-0.3, -0.25) is 9.82 Å². The smallest absolute Gasteiger partial charge is 0.264 e. The van der Waals surface area contributed by atoms with Crippen molar-refractivity contribution in [1.82, 2.24) is 10.2 Å². The summed E-state index contributed by atoms with van der Waals surface area (Å²) in [4.78, 5) is -0.460. The highest BCUT2D eigenvalue weighted by atomic mass is 35.5. The molecule has 0 bridgehead atoms. The average molecular weight is 350 g/mol. The molecule has 10 heteroatoms. The van der Waals surface area contributed by atoms with Crippen molar-refractivity contribution < 1.29 is 16.8 Å². The van der Waals surface area contributed by atoms with E-state index < -0.39 is 19.9 Å². The lowest BCUT2D eigenvalue weighted by Gasteiger charge is -2.08. The van der Waals surface area contributed by atoms with E-state index in [0.717, 1.165) is 12.3 Å². The summed E-state index contributed by atoms with van der Waals surface area (Å²) in [5, 5.41) is 6.26. The Kier molecular flexibility index (Phi) is 4.00. The summed E-state index contributed by atoms with van der Waals surface area (Å²) in [5.41, 5.74) is 0.670. The molecule has 0 amide bonds. The summed E-state index contributed by atoms with van der Waals surface area (Å²) in [6.45, 7) is 1.71. The van der Waals surface area contributed by atoms with Crippen molar-refractivity contribution in [3.63, 3.8) is 0 Å². The summed E-state index contributed by atoms with van der Waals surface area (Å²) in [7, 11) is -7.59. The number of nitrogens with one attached hydrogen (secondary N) is 2. The lowest BCUT2D eigenvalue weighted by atomic mass is 10.4. The van der Waals surface area contributed by atoms with Gasteiger partial charge < -0.3 is 0 Å². The van der Waals surface area contributed by atoms with E-state index in [0.29, 0.717) is 5.69 Å². The first-order valence-corrected chi connectivity index (χ1v) is 9.39. The highest BCUT2D eigenvalue weighted by molar-refractivity contribution is 7.93. The maximum absolute atomic E-state index is 12.3. The quantitative estimate of drug-likeness (QED) is 0.870. The van der Waals surface area contributed by atoms with Crippen molar-refractivity contribution in [3.8, 4) is 0 Å². The zero-order valence-corrected chi connectivity index (χ0v) is 13.5. The van der Waals surface area contributed by atoms with Crippen LogP contribution in [0.1, 0.15) is 5.69 Å². The van der Waals surface area contributed by atoms with E-state index >= 15 is 0 Å². The largest absolute Gasteiger partial charge is 0.281 e. The number of anilines is 1. The van der Waals surface area contributed by atoms with Gasteiger partial charge >= 0.3 is 0 Å². The van der Waals surface area contributed by atoms with Gasteiger partial charge in [0.25, 0.3) is 10.0 Å². The molecule has 0 atom stereocenters. The molecule has 2 rings (SSSR count). The van der Waals surface area contributed by atoms with Crippen LogP contribution in [-0.4, -0.2) is 33.3 Å². The molecule has 0 aliphatic rings. The number of benzene rings is 1. The first-order valence-electron chi connectivity index (χ1n) is 5.64. The van der Waals surface area contributed by atoms with Crippen LogP contribution in [0.5, 0.6) is 0 Å². The number of nitrogens with zero attached hydrogens (tertiary/aromatic N) is 1. The van der Waals surface area contributed by atoms with Crippen molar-refractivity contribution in [3.05, 3.63) is 35.0 Å². The Morgan fingerprint density at radius 2 is 1.86 bits per heavy atom. The van der Waals surface area contributed by atoms with Gasteiger partial charge in [-0.1, -0.05) is 11.6 Å². The topological polar surface area (TPSA) is 109 Å². The Morgan fingerprint density at radius 1 is 1.19 bits per heavy atom. The Hall–Kier alpha value is -1.58. The molecule has 2 aromatic rings. The molecule has 1 aromatic heterocycles. The summed E-state index contributed by atoms with van der Waals surface area (Å²) < 4.78 is 49.8. The lowest BCUT2D eigenvalue weighted by molar-refractivity contribution is 0.599. The van der Waals surface area contributed by atoms with Crippen LogP contribution in [0.2, 0.25) is 5.02 Å². The van der Waals surface area contributed by atoms with E-state index in [9.17, 15) is 16.8 Å². The fourth-order valence-corrected chi connectivity index (χ4v) is 3.82. The molecule has 0 radical (unpaired) electrons. The molecule has 0 saturated carbocycles. The Bertz CT molecular complexity index is 888. The molecule has 1 aromatic carbocycles. The first-order chi connectivity index (χ1) is 9.59. The van der Waals surface area contributed by atoms with E-state index in [1.54, 1.807) is 6.92 Å². The van der Waals surface area contributed by atoms with Crippen LogP contribution in [0, 0.1) is 6.92 Å². The number of aryl methyl sites for hydroxylation is 1. The van der Waals surface area contributed by atoms with E-state index in [1.807, 2.05) is 0 Å². The highest BCUT2D eigenvalue weighted by Crippen LogP contribution is 2.26. The Morgan fingerprint density at radius 3 is 2.38 bits per heavy atom. The molecule has 1 heterocycles. The van der Waals surface area contributed by atoms with Gasteiger partial charge in [0.1, 0.15) is 4.90 Å². The summed E-state index contributed by atoms with van der Waals surface area (Å²) in [6.07, 6.45) is 0.983. The molecule has 0 fully saturated rings. The molecule has 7 nitrogen and oxygen atoms in total. The maximum Gasteiger partial charge on any atom is 0.264 e. The second kappa shape index (κ2) is 5.32. The minimum absolute atomic E-state index is 0.0813. The van der Waals surface area contributed by atoms with Crippen LogP contribution in [0.25, 0.3) is 0 Å². The molecule has 114 valence electrons. The van der Waals surface area contributed by atoms with Gasteiger partial charge in [-0.15, -0.1) is 0 Å². The molecule has 2 N–H and O–H groups in total. The van der Waals surface area contributed by atoms with Gasteiger partial charge in [0, 0.05) is 18.0 Å². The van der Waals surface area contributed by atoms with Gasteiger partial charge in [0.2, 0.25) is 0 Å². The van der Waals surface area contributed by atoms with Crippen LogP contribution in [0.3, 0.4) is 0 Å². The number of hydrogen-bond acceptors (Lipinski definition) is 5. The minimum atomic E-state index is -4.04. The molecule has 0 unspecified atom stereocenters. The summed E-state index contributed by atoms with van der Waals surface area (Å²) in [6, 6.07) is 4.98. The SMILES string of the molecule is Cc1cc(NS(=O)(=O)c2cc(S(C)(=O)=O)ccc2Cl)n[nH]1. The number of H-pyrrole nitrogens is 1. The van der Waals surface area contributed by atoms with Gasteiger partial charge in [-0.05, 0) is 25.1 Å². The van der Waals surface area contributed by atoms with E-state index in [2.05, 4.69) is 14.9 Å². The number of hydrogen-bond donors (Lipinski definition) is 2. The van der Waals surface area contributed by atoms with Crippen LogP contribution in [-0.2, 0) is 19.9 Å². The zero-order chi connectivity index (χ0) is 15.8. The van der Waals surface area contributed by atoms with Gasteiger partial charge in [-0.2, -0.15) is 5.10 Å². The van der Waals surface area contributed by atoms with Crippen molar-refractivity contribution in [2.24, 2.45) is 0 Å². The predicted octanol–water partition coefficient (Wildman–Crippen LogP) is 1.58. The third-order valence-corrected chi connectivity index (χ3v) is 5.51. The first kappa shape index (κ1) is 15.8. The molecular formula is C11H12ClN3O4S2. The highest BCUT2D eigenvalue weighted by Gasteiger charge is 2.21. The third-order valence-electron chi connectivity index (χ3n) is 2.57. The number of sulfonamides is 1. The molecule has 0 spiro atoms. The van der Waals surface area contributed by atoms with Crippen LogP contribution < -0.4 is 4.72 Å². The summed E-state index contributed by atoms with van der Waals surface area (Å²) >= 11 is 5.86. The van der Waals surface area contributed by atoms with Crippen molar-refractivity contribution in [2.45, 2.75) is 16.7 Å². The third kappa shape index (κ3) is 3.55. The Balaban J connectivity index is 2.49. The predicted molar refractivity (Wildman–Crippen MR) is 78.7 cm³/mol. The molecule has 0 aliphatic carbocycles. The number of aromatic amines is 1. The summed E-state index contributed by atoms with van der Waals surface area (Å²) in [5.74, 6) is 0.0910. The molecular weight excluding hydrogens is 338 g/mol. The molecule has 0 saturated heterocycles. The normalized spacial score (nSPS) is 12.3. The van der Waals surface area contributed by atoms with Crippen LogP contribution in [0.4, 0.5) is 5.82 Å². The number of halogens is 1.